The summed E-state index contributed by atoms with van der Waals surface area (Å²) in [6.45, 7) is 9.63. The summed E-state index contributed by atoms with van der Waals surface area (Å²) < 4.78 is 0. The number of hydrogen-bond donors (Lipinski definition) is 1. The molecule has 0 bridgehead atoms. The van der Waals surface area contributed by atoms with Gasteiger partial charge in [-0.05, 0) is 18.3 Å². The lowest BCUT2D eigenvalue weighted by molar-refractivity contribution is -0.139. The zero-order valence-corrected chi connectivity index (χ0v) is 7.22. The molecule has 1 saturated carbocycles. The Labute approximate surface area is 66.9 Å². The van der Waals surface area contributed by atoms with Crippen LogP contribution in [0.3, 0.4) is 0 Å². The van der Waals surface area contributed by atoms with Gasteiger partial charge in [0.15, 0.2) is 0 Å². The highest BCUT2D eigenvalue weighted by atomic mass is 16.4. The van der Waals surface area contributed by atoms with Crippen LogP contribution in [0.5, 0.6) is 0 Å². The van der Waals surface area contributed by atoms with Gasteiger partial charge >= 0.3 is 5.97 Å². The van der Waals surface area contributed by atoms with Crippen molar-refractivity contribution in [1.82, 2.24) is 0 Å². The maximum absolute atomic E-state index is 10.7. The second-order valence-electron chi connectivity index (χ2n) is 3.96. The van der Waals surface area contributed by atoms with Crippen LogP contribution in [-0.2, 0) is 4.79 Å². The van der Waals surface area contributed by atoms with Gasteiger partial charge in [0.1, 0.15) is 0 Å². The Morgan fingerprint density at radius 3 is 2.00 bits per heavy atom. The zero-order chi connectivity index (χ0) is 8.81. The molecule has 1 N–H and O–H groups in total. The van der Waals surface area contributed by atoms with Gasteiger partial charge < -0.3 is 5.11 Å². The summed E-state index contributed by atoms with van der Waals surface area (Å²) in [6, 6.07) is 0. The molecule has 0 unspecified atom stereocenters. The summed E-state index contributed by atoms with van der Waals surface area (Å²) in [5.41, 5.74) is 0.917. The highest BCUT2D eigenvalue weighted by Crippen LogP contribution is 2.61. The number of aliphatic carboxylic acids is 1. The van der Waals surface area contributed by atoms with E-state index in [0.29, 0.717) is 0 Å². The zero-order valence-electron chi connectivity index (χ0n) is 7.22. The predicted molar refractivity (Wildman–Crippen MR) is 43.2 cm³/mol. The van der Waals surface area contributed by atoms with E-state index in [4.69, 9.17) is 5.11 Å². The number of allylic oxidation sites excluding steroid dienone is 1. The van der Waals surface area contributed by atoms with Crippen molar-refractivity contribution >= 4 is 5.97 Å². The van der Waals surface area contributed by atoms with Crippen LogP contribution in [0.2, 0.25) is 0 Å². The molecule has 1 aliphatic rings. The van der Waals surface area contributed by atoms with E-state index < -0.39 is 5.97 Å². The second-order valence-corrected chi connectivity index (χ2v) is 3.96. The van der Waals surface area contributed by atoms with Gasteiger partial charge in [0, 0.05) is 0 Å². The van der Waals surface area contributed by atoms with Crippen molar-refractivity contribution in [2.75, 3.05) is 0 Å². The fourth-order valence-corrected chi connectivity index (χ4v) is 2.02. The first-order valence-electron chi connectivity index (χ1n) is 3.77. The molecule has 1 rings (SSSR count). The molecule has 1 aliphatic carbocycles. The second kappa shape index (κ2) is 2.10. The van der Waals surface area contributed by atoms with Crippen LogP contribution in [0, 0.1) is 17.3 Å². The molecule has 0 heterocycles. The van der Waals surface area contributed by atoms with Gasteiger partial charge in [-0.25, -0.2) is 0 Å². The standard InChI is InChI=1S/C9H14O2/c1-5(2)6-7(8(10)11)9(6,3)4/h6-7H,1H2,2-4H3,(H,10,11)/t6-,7+/m0/s1. The summed E-state index contributed by atoms with van der Waals surface area (Å²) in [6.07, 6.45) is 0. The molecule has 0 aliphatic heterocycles. The Balaban J connectivity index is 2.76. The predicted octanol–water partition coefficient (Wildman–Crippen LogP) is 1.92. The van der Waals surface area contributed by atoms with E-state index in [1.165, 1.54) is 0 Å². The molecule has 11 heavy (non-hydrogen) atoms. The topological polar surface area (TPSA) is 37.3 Å². The highest BCUT2D eigenvalue weighted by molar-refractivity contribution is 5.76. The van der Waals surface area contributed by atoms with Gasteiger partial charge in [-0.3, -0.25) is 4.79 Å². The Hall–Kier alpha value is -0.790. The van der Waals surface area contributed by atoms with E-state index in [9.17, 15) is 4.79 Å². The maximum atomic E-state index is 10.7. The molecule has 1 fully saturated rings. The van der Waals surface area contributed by atoms with Crippen LogP contribution in [0.4, 0.5) is 0 Å². The molecular weight excluding hydrogens is 140 g/mol. The van der Waals surface area contributed by atoms with Gasteiger partial charge in [-0.15, -0.1) is 0 Å². The van der Waals surface area contributed by atoms with Crippen molar-refractivity contribution in [3.8, 4) is 0 Å². The molecule has 2 heteroatoms. The Morgan fingerprint density at radius 2 is 1.91 bits per heavy atom. The highest BCUT2D eigenvalue weighted by Gasteiger charge is 2.62. The molecule has 62 valence electrons. The average Bonchev–Trinajstić information content (AvgIpc) is 2.33. The molecule has 0 aromatic heterocycles. The molecule has 0 saturated heterocycles. The number of hydrogen-bond acceptors (Lipinski definition) is 1. The van der Waals surface area contributed by atoms with Crippen molar-refractivity contribution in [1.29, 1.82) is 0 Å². The van der Waals surface area contributed by atoms with Gasteiger partial charge in [-0.1, -0.05) is 26.0 Å². The van der Waals surface area contributed by atoms with E-state index in [-0.39, 0.29) is 17.3 Å². The molecule has 2 nitrogen and oxygen atoms in total. The van der Waals surface area contributed by atoms with Crippen LogP contribution in [0.15, 0.2) is 12.2 Å². The largest absolute Gasteiger partial charge is 0.481 e. The molecule has 0 aromatic rings. The Morgan fingerprint density at radius 1 is 1.45 bits per heavy atom. The minimum absolute atomic E-state index is 0.0718. The number of rotatable bonds is 2. The monoisotopic (exact) mass is 154 g/mol. The van der Waals surface area contributed by atoms with Gasteiger partial charge in [0.25, 0.3) is 0 Å². The van der Waals surface area contributed by atoms with Crippen molar-refractivity contribution in [2.45, 2.75) is 20.8 Å². The normalized spacial score (nSPS) is 33.0. The first-order valence-corrected chi connectivity index (χ1v) is 3.77. The third-order valence-corrected chi connectivity index (χ3v) is 2.62. The fraction of sp³-hybridized carbons (Fsp3) is 0.667. The van der Waals surface area contributed by atoms with Gasteiger partial charge in [-0.2, -0.15) is 0 Å². The first-order chi connectivity index (χ1) is 4.89. The number of carboxylic acid groups (broad SMARTS) is 1. The lowest BCUT2D eigenvalue weighted by Gasteiger charge is -1.98. The van der Waals surface area contributed by atoms with E-state index in [2.05, 4.69) is 6.58 Å². The molecular formula is C9H14O2. The Kier molecular flexibility index (Phi) is 1.58. The summed E-state index contributed by atoms with van der Waals surface area (Å²) in [5.74, 6) is -0.719. The van der Waals surface area contributed by atoms with Crippen LogP contribution < -0.4 is 0 Å². The van der Waals surface area contributed by atoms with Gasteiger partial charge in [0.2, 0.25) is 0 Å². The Bertz CT molecular complexity index is 194. The van der Waals surface area contributed by atoms with Gasteiger partial charge in [0.05, 0.1) is 5.92 Å². The fourth-order valence-electron chi connectivity index (χ4n) is 2.02. The van der Waals surface area contributed by atoms with Crippen LogP contribution in [-0.4, -0.2) is 11.1 Å². The van der Waals surface area contributed by atoms with Crippen LogP contribution >= 0.6 is 0 Å². The summed E-state index contributed by atoms with van der Waals surface area (Å²) in [4.78, 5) is 10.7. The van der Waals surface area contributed by atoms with E-state index in [1.807, 2.05) is 20.8 Å². The van der Waals surface area contributed by atoms with Crippen molar-refractivity contribution in [3.63, 3.8) is 0 Å². The SMILES string of the molecule is C=C(C)[C@H]1[C@H](C(=O)O)C1(C)C. The number of carbonyl (C=O) groups is 1. The summed E-state index contributed by atoms with van der Waals surface area (Å²) >= 11 is 0. The maximum Gasteiger partial charge on any atom is 0.307 e. The van der Waals surface area contributed by atoms with E-state index in [0.717, 1.165) is 5.57 Å². The molecule has 0 radical (unpaired) electrons. The summed E-state index contributed by atoms with van der Waals surface area (Å²) in [5, 5.41) is 8.77. The smallest absolute Gasteiger partial charge is 0.307 e. The number of carboxylic acids is 1. The lowest BCUT2D eigenvalue weighted by atomic mass is 10.1. The van der Waals surface area contributed by atoms with Crippen molar-refractivity contribution in [2.24, 2.45) is 17.3 Å². The minimum atomic E-state index is -0.692. The summed E-state index contributed by atoms with van der Waals surface area (Å²) in [7, 11) is 0. The molecule has 0 spiro atoms. The van der Waals surface area contributed by atoms with Crippen LogP contribution in [0.25, 0.3) is 0 Å². The minimum Gasteiger partial charge on any atom is -0.481 e. The molecule has 0 amide bonds. The van der Waals surface area contributed by atoms with Crippen molar-refractivity contribution < 1.29 is 9.90 Å². The van der Waals surface area contributed by atoms with E-state index >= 15 is 0 Å². The molecule has 2 atom stereocenters. The van der Waals surface area contributed by atoms with E-state index in [1.54, 1.807) is 0 Å². The van der Waals surface area contributed by atoms with Crippen LogP contribution in [0.1, 0.15) is 20.8 Å². The first kappa shape index (κ1) is 8.31. The quantitative estimate of drug-likeness (QED) is 0.617. The third kappa shape index (κ3) is 1.06. The lowest BCUT2D eigenvalue weighted by Crippen LogP contribution is -2.03. The third-order valence-electron chi connectivity index (χ3n) is 2.62. The van der Waals surface area contributed by atoms with Crippen molar-refractivity contribution in [3.05, 3.63) is 12.2 Å². The molecule has 0 aromatic carbocycles. The average molecular weight is 154 g/mol.